The molecule has 0 saturated carbocycles. The number of hydrogen-bond acceptors (Lipinski definition) is 2. The highest BCUT2D eigenvalue weighted by Crippen LogP contribution is 1.99. The van der Waals surface area contributed by atoms with E-state index in [1.807, 2.05) is 54.7 Å². The van der Waals surface area contributed by atoms with Crippen LogP contribution in [0, 0.1) is 0 Å². The molecular formula is C15H36N2. The molecule has 0 aliphatic rings. The van der Waals surface area contributed by atoms with Gasteiger partial charge in [-0.2, -0.15) is 0 Å². The van der Waals surface area contributed by atoms with E-state index in [-0.39, 0.29) is 0 Å². The molecule has 2 N–H and O–H groups in total. The van der Waals surface area contributed by atoms with Crippen LogP contribution in [0.1, 0.15) is 55.4 Å². The second-order valence-corrected chi connectivity index (χ2v) is 2.43. The van der Waals surface area contributed by atoms with Crippen molar-refractivity contribution in [1.82, 2.24) is 10.6 Å². The summed E-state index contributed by atoms with van der Waals surface area (Å²) in [6.07, 6.45) is 1.87. The largest absolute Gasteiger partial charge is 0.387 e. The number of hydrogen-bond donors (Lipinski definition) is 2. The summed E-state index contributed by atoms with van der Waals surface area (Å²) < 4.78 is 0. The third-order valence-corrected chi connectivity index (χ3v) is 1.53. The molecule has 0 rings (SSSR count). The Morgan fingerprint density at radius 2 is 1.47 bits per heavy atom. The summed E-state index contributed by atoms with van der Waals surface area (Å²) >= 11 is 0. The van der Waals surface area contributed by atoms with Gasteiger partial charge >= 0.3 is 0 Å². The Morgan fingerprint density at radius 3 is 1.71 bits per heavy atom. The third kappa shape index (κ3) is 21.1. The van der Waals surface area contributed by atoms with Crippen molar-refractivity contribution >= 4 is 0 Å². The van der Waals surface area contributed by atoms with Crippen LogP contribution < -0.4 is 10.6 Å². The fourth-order valence-electron chi connectivity index (χ4n) is 0.855. The van der Waals surface area contributed by atoms with Gasteiger partial charge in [0.2, 0.25) is 0 Å². The van der Waals surface area contributed by atoms with Gasteiger partial charge in [-0.1, -0.05) is 54.2 Å². The number of rotatable bonds is 5. The highest BCUT2D eigenvalue weighted by atomic mass is 14.9. The molecule has 0 atom stereocenters. The lowest BCUT2D eigenvalue weighted by Crippen LogP contribution is -2.23. The lowest BCUT2D eigenvalue weighted by atomic mass is 10.2. The molecular weight excluding hydrogens is 208 g/mol. The Kier molecular flexibility index (Phi) is 43.6. The van der Waals surface area contributed by atoms with Crippen molar-refractivity contribution in [2.75, 3.05) is 20.1 Å². The number of likely N-dealkylation sites (N-methyl/N-ethyl adjacent to an activating group) is 2. The zero-order chi connectivity index (χ0) is 14.7. The highest BCUT2D eigenvalue weighted by Gasteiger charge is 1.95. The predicted molar refractivity (Wildman–Crippen MR) is 84.5 cm³/mol. The lowest BCUT2D eigenvalue weighted by Gasteiger charge is -2.10. The van der Waals surface area contributed by atoms with Gasteiger partial charge in [0, 0.05) is 18.8 Å². The molecule has 0 radical (unpaired) electrons. The maximum absolute atomic E-state index is 3.72. The van der Waals surface area contributed by atoms with Gasteiger partial charge in [0.25, 0.3) is 0 Å². The third-order valence-electron chi connectivity index (χ3n) is 1.53. The maximum atomic E-state index is 3.72. The van der Waals surface area contributed by atoms with E-state index < -0.39 is 0 Å². The molecule has 0 bridgehead atoms. The van der Waals surface area contributed by atoms with Crippen molar-refractivity contribution in [3.8, 4) is 0 Å². The van der Waals surface area contributed by atoms with Crippen LogP contribution in [0.25, 0.3) is 0 Å². The zero-order valence-corrected chi connectivity index (χ0v) is 13.7. The first-order chi connectivity index (χ1) is 8.26. The molecule has 0 spiro atoms. The van der Waals surface area contributed by atoms with Gasteiger partial charge in [0.15, 0.2) is 0 Å². The van der Waals surface area contributed by atoms with E-state index in [1.165, 1.54) is 11.3 Å². The summed E-state index contributed by atoms with van der Waals surface area (Å²) in [5.41, 5.74) is 2.44. The van der Waals surface area contributed by atoms with E-state index in [1.54, 1.807) is 0 Å². The number of nitrogens with one attached hydrogen (secondary N) is 2. The molecule has 0 fully saturated rings. The van der Waals surface area contributed by atoms with E-state index in [9.17, 15) is 0 Å². The molecule has 0 aliphatic heterocycles. The summed E-state index contributed by atoms with van der Waals surface area (Å²) in [7, 11) is 1.94. The average molecular weight is 244 g/mol. The Bertz CT molecular complexity index is 141. The van der Waals surface area contributed by atoms with Gasteiger partial charge in [-0.25, -0.2) is 0 Å². The van der Waals surface area contributed by atoms with Crippen molar-refractivity contribution in [2.24, 2.45) is 0 Å². The molecule has 0 unspecified atom stereocenters. The van der Waals surface area contributed by atoms with Crippen LogP contribution in [0.2, 0.25) is 0 Å². The van der Waals surface area contributed by atoms with E-state index in [2.05, 4.69) is 31.1 Å². The predicted octanol–water partition coefficient (Wildman–Crippen LogP) is 4.35. The van der Waals surface area contributed by atoms with E-state index in [4.69, 9.17) is 0 Å². The van der Waals surface area contributed by atoms with Gasteiger partial charge in [-0.05, 0) is 26.5 Å². The average Bonchev–Trinajstić information content (AvgIpc) is 2.44. The lowest BCUT2D eigenvalue weighted by molar-refractivity contribution is 0.754. The van der Waals surface area contributed by atoms with E-state index >= 15 is 0 Å². The van der Waals surface area contributed by atoms with Gasteiger partial charge in [0.1, 0.15) is 0 Å². The Labute approximate surface area is 111 Å². The normalized spacial score (nSPS) is 9.00. The molecule has 0 saturated heterocycles. The van der Waals surface area contributed by atoms with Crippen LogP contribution in [-0.2, 0) is 0 Å². The quantitative estimate of drug-likeness (QED) is 0.702. The molecule has 106 valence electrons. The first-order valence-corrected chi connectivity index (χ1v) is 6.96. The van der Waals surface area contributed by atoms with Crippen molar-refractivity contribution in [1.29, 1.82) is 0 Å². The fraction of sp³-hybridized carbons (Fsp3) is 0.733. The van der Waals surface area contributed by atoms with Crippen LogP contribution in [-0.4, -0.2) is 20.1 Å². The minimum absolute atomic E-state index is 0.881. The van der Waals surface area contributed by atoms with Gasteiger partial charge < -0.3 is 10.6 Å². The van der Waals surface area contributed by atoms with Crippen LogP contribution in [0.15, 0.2) is 23.9 Å². The monoisotopic (exact) mass is 244 g/mol. The SMILES string of the molecule is C=C/C(C)=C(/CNC)NCC.CC.CC.CC. The minimum atomic E-state index is 0.881. The molecule has 0 aromatic heterocycles. The second kappa shape index (κ2) is 29.5. The van der Waals surface area contributed by atoms with Gasteiger partial charge in [-0.15, -0.1) is 0 Å². The second-order valence-electron chi connectivity index (χ2n) is 2.43. The zero-order valence-electron chi connectivity index (χ0n) is 13.7. The molecule has 0 aliphatic carbocycles. The van der Waals surface area contributed by atoms with Crippen LogP contribution in [0.3, 0.4) is 0 Å². The molecule has 0 heterocycles. The summed E-state index contributed by atoms with van der Waals surface area (Å²) in [6.45, 7) is 21.7. The van der Waals surface area contributed by atoms with E-state index in [0.29, 0.717) is 0 Å². The van der Waals surface area contributed by atoms with Crippen LogP contribution in [0.4, 0.5) is 0 Å². The molecule has 17 heavy (non-hydrogen) atoms. The molecule has 0 amide bonds. The summed E-state index contributed by atoms with van der Waals surface area (Å²) in [5.74, 6) is 0. The Morgan fingerprint density at radius 1 is 1.06 bits per heavy atom. The molecule has 2 nitrogen and oxygen atoms in total. The minimum Gasteiger partial charge on any atom is -0.387 e. The first kappa shape index (κ1) is 25.2. The topological polar surface area (TPSA) is 24.1 Å². The number of allylic oxidation sites excluding steroid dienone is 2. The van der Waals surface area contributed by atoms with Crippen molar-refractivity contribution in [2.45, 2.75) is 55.4 Å². The molecule has 2 heteroatoms. The smallest absolute Gasteiger partial charge is 0.0354 e. The maximum Gasteiger partial charge on any atom is 0.0354 e. The van der Waals surface area contributed by atoms with Crippen molar-refractivity contribution in [3.63, 3.8) is 0 Å². The van der Waals surface area contributed by atoms with Gasteiger partial charge in [-0.3, -0.25) is 0 Å². The Balaban J connectivity index is -0.000000121. The van der Waals surface area contributed by atoms with Crippen LogP contribution in [0.5, 0.6) is 0 Å². The van der Waals surface area contributed by atoms with Crippen LogP contribution >= 0.6 is 0 Å². The summed E-state index contributed by atoms with van der Waals surface area (Å²) in [6, 6.07) is 0. The summed E-state index contributed by atoms with van der Waals surface area (Å²) in [4.78, 5) is 0. The summed E-state index contributed by atoms with van der Waals surface area (Å²) in [5, 5.41) is 6.38. The highest BCUT2D eigenvalue weighted by molar-refractivity contribution is 5.21. The van der Waals surface area contributed by atoms with Gasteiger partial charge in [0.05, 0.1) is 0 Å². The molecule has 0 aromatic rings. The fourth-order valence-corrected chi connectivity index (χ4v) is 0.855. The van der Waals surface area contributed by atoms with E-state index in [0.717, 1.165) is 13.1 Å². The van der Waals surface area contributed by atoms with Crippen molar-refractivity contribution < 1.29 is 0 Å². The Hall–Kier alpha value is -0.760. The van der Waals surface area contributed by atoms with Crippen molar-refractivity contribution in [3.05, 3.63) is 23.9 Å². The first-order valence-electron chi connectivity index (χ1n) is 6.96. The molecule has 0 aromatic carbocycles. The standard InChI is InChI=1S/C9H18N2.3C2H6/c1-5-8(3)9(7-10-4)11-6-2;3*1-2/h5,10-11H,1,6-7H2,2-4H3;3*1-2H3/b9-8-;;;.